The number of carbonyl (C=O) groups excluding carboxylic acids is 2. The SMILES string of the molecule is CCN(C(=O)CC(=O)N(C)c1cccc(C)c1C(=O)O)c1ccccc1. The van der Waals surface area contributed by atoms with E-state index in [1.165, 1.54) is 16.8 Å². The summed E-state index contributed by atoms with van der Waals surface area (Å²) in [5.74, 6) is -1.90. The minimum absolute atomic E-state index is 0.0613. The number of carbonyl (C=O) groups is 3. The number of rotatable bonds is 6. The molecule has 0 unspecified atom stereocenters. The van der Waals surface area contributed by atoms with Crippen molar-refractivity contribution in [2.45, 2.75) is 20.3 Å². The van der Waals surface area contributed by atoms with Gasteiger partial charge in [0.1, 0.15) is 6.42 Å². The van der Waals surface area contributed by atoms with Gasteiger partial charge in [0.15, 0.2) is 0 Å². The van der Waals surface area contributed by atoms with Crippen LogP contribution >= 0.6 is 0 Å². The third-order valence-corrected chi connectivity index (χ3v) is 4.19. The highest BCUT2D eigenvalue weighted by Crippen LogP contribution is 2.24. The van der Waals surface area contributed by atoms with Crippen molar-refractivity contribution >= 4 is 29.2 Å². The largest absolute Gasteiger partial charge is 0.478 e. The van der Waals surface area contributed by atoms with Crippen LogP contribution in [0.1, 0.15) is 29.3 Å². The molecule has 0 atom stereocenters. The zero-order valence-corrected chi connectivity index (χ0v) is 15.1. The molecule has 0 bridgehead atoms. The van der Waals surface area contributed by atoms with Crippen LogP contribution in [0, 0.1) is 6.92 Å². The van der Waals surface area contributed by atoms with Gasteiger partial charge in [0.2, 0.25) is 11.8 Å². The number of carboxylic acid groups (broad SMARTS) is 1. The van der Waals surface area contributed by atoms with Gasteiger partial charge in [-0.3, -0.25) is 9.59 Å². The number of hydrogen-bond acceptors (Lipinski definition) is 3. The molecule has 0 aromatic heterocycles. The van der Waals surface area contributed by atoms with E-state index in [2.05, 4.69) is 0 Å². The van der Waals surface area contributed by atoms with Crippen LogP contribution in [-0.2, 0) is 9.59 Å². The van der Waals surface area contributed by atoms with E-state index in [-0.39, 0.29) is 23.6 Å². The lowest BCUT2D eigenvalue weighted by Crippen LogP contribution is -2.37. The summed E-state index contributed by atoms with van der Waals surface area (Å²) in [5.41, 5.74) is 1.61. The molecule has 0 heterocycles. The highest BCUT2D eigenvalue weighted by atomic mass is 16.4. The lowest BCUT2D eigenvalue weighted by atomic mass is 10.1. The molecule has 6 heteroatoms. The van der Waals surface area contributed by atoms with Gasteiger partial charge >= 0.3 is 5.97 Å². The summed E-state index contributed by atoms with van der Waals surface area (Å²) in [4.78, 5) is 39.4. The third kappa shape index (κ3) is 4.08. The number of anilines is 2. The van der Waals surface area contributed by atoms with Gasteiger partial charge in [-0.05, 0) is 37.6 Å². The molecule has 0 aliphatic rings. The van der Waals surface area contributed by atoms with E-state index in [9.17, 15) is 19.5 Å². The molecule has 0 saturated carbocycles. The molecule has 1 N–H and O–H groups in total. The van der Waals surface area contributed by atoms with Crippen molar-refractivity contribution < 1.29 is 19.5 Å². The number of aryl methyl sites for hydroxylation is 1. The predicted octanol–water partition coefficient (Wildman–Crippen LogP) is 3.10. The molecule has 0 fully saturated rings. The summed E-state index contributed by atoms with van der Waals surface area (Å²) in [5, 5.41) is 9.42. The second kappa shape index (κ2) is 8.29. The smallest absolute Gasteiger partial charge is 0.338 e. The van der Waals surface area contributed by atoms with Gasteiger partial charge in [0.25, 0.3) is 0 Å². The van der Waals surface area contributed by atoms with Crippen molar-refractivity contribution in [2.75, 3.05) is 23.4 Å². The Balaban J connectivity index is 2.21. The van der Waals surface area contributed by atoms with Crippen LogP contribution in [-0.4, -0.2) is 36.5 Å². The monoisotopic (exact) mass is 354 g/mol. The second-order valence-corrected chi connectivity index (χ2v) is 5.88. The molecule has 26 heavy (non-hydrogen) atoms. The average molecular weight is 354 g/mol. The van der Waals surface area contributed by atoms with Crippen molar-refractivity contribution in [1.29, 1.82) is 0 Å². The fourth-order valence-electron chi connectivity index (χ4n) is 2.80. The third-order valence-electron chi connectivity index (χ3n) is 4.19. The molecule has 2 rings (SSSR count). The van der Waals surface area contributed by atoms with Crippen LogP contribution in [0.3, 0.4) is 0 Å². The summed E-state index contributed by atoms with van der Waals surface area (Å²) >= 11 is 0. The molecule has 0 saturated heterocycles. The van der Waals surface area contributed by atoms with E-state index < -0.39 is 11.9 Å². The quantitative estimate of drug-likeness (QED) is 0.809. The number of para-hydroxylation sites is 1. The molecule has 0 aliphatic heterocycles. The zero-order chi connectivity index (χ0) is 19.3. The van der Waals surface area contributed by atoms with Crippen molar-refractivity contribution in [1.82, 2.24) is 0 Å². The van der Waals surface area contributed by atoms with Gasteiger partial charge in [0.05, 0.1) is 11.3 Å². The Morgan fingerprint density at radius 1 is 0.962 bits per heavy atom. The molecule has 2 amide bonds. The highest BCUT2D eigenvalue weighted by molar-refractivity contribution is 6.11. The van der Waals surface area contributed by atoms with Gasteiger partial charge in [0, 0.05) is 19.3 Å². The summed E-state index contributed by atoms with van der Waals surface area (Å²) in [6, 6.07) is 14.0. The number of hydrogen-bond donors (Lipinski definition) is 1. The molecule has 0 spiro atoms. The Bertz CT molecular complexity index is 818. The molecule has 0 aliphatic carbocycles. The molecule has 6 nitrogen and oxygen atoms in total. The van der Waals surface area contributed by atoms with Crippen LogP contribution < -0.4 is 9.80 Å². The van der Waals surface area contributed by atoms with Gasteiger partial charge in [-0.25, -0.2) is 4.79 Å². The lowest BCUT2D eigenvalue weighted by Gasteiger charge is -2.24. The number of benzene rings is 2. The first-order valence-corrected chi connectivity index (χ1v) is 8.31. The number of carboxylic acids is 1. The second-order valence-electron chi connectivity index (χ2n) is 5.88. The summed E-state index contributed by atoms with van der Waals surface area (Å²) < 4.78 is 0. The van der Waals surface area contributed by atoms with Gasteiger partial charge in [-0.1, -0.05) is 30.3 Å². The fraction of sp³-hybridized carbons (Fsp3) is 0.250. The summed E-state index contributed by atoms with van der Waals surface area (Å²) in [6.45, 7) is 3.94. The maximum Gasteiger partial charge on any atom is 0.338 e. The van der Waals surface area contributed by atoms with Gasteiger partial charge in [-0.15, -0.1) is 0 Å². The Kier molecular flexibility index (Phi) is 6.11. The van der Waals surface area contributed by atoms with Crippen molar-refractivity contribution in [2.24, 2.45) is 0 Å². The highest BCUT2D eigenvalue weighted by Gasteiger charge is 2.24. The summed E-state index contributed by atoms with van der Waals surface area (Å²) in [7, 11) is 1.48. The van der Waals surface area contributed by atoms with E-state index in [0.717, 1.165) is 5.69 Å². The van der Waals surface area contributed by atoms with Crippen molar-refractivity contribution in [3.05, 3.63) is 59.7 Å². The standard InChI is InChI=1S/C20H22N2O4/c1-4-22(15-10-6-5-7-11-15)18(24)13-17(23)21(3)16-12-8-9-14(2)19(16)20(25)26/h5-12H,4,13H2,1-3H3,(H,25,26). The molecule has 136 valence electrons. The Labute approximate surface area is 152 Å². The van der Waals surface area contributed by atoms with Crippen LogP contribution in [0.5, 0.6) is 0 Å². The predicted molar refractivity (Wildman–Crippen MR) is 101 cm³/mol. The number of nitrogens with zero attached hydrogens (tertiary/aromatic N) is 2. The zero-order valence-electron chi connectivity index (χ0n) is 15.1. The fourth-order valence-corrected chi connectivity index (χ4v) is 2.80. The normalized spacial score (nSPS) is 10.3. The van der Waals surface area contributed by atoms with Crippen LogP contribution in [0.25, 0.3) is 0 Å². The van der Waals surface area contributed by atoms with Crippen LogP contribution in [0.4, 0.5) is 11.4 Å². The van der Waals surface area contributed by atoms with Crippen LogP contribution in [0.2, 0.25) is 0 Å². The molecular formula is C20H22N2O4. The molecule has 2 aromatic rings. The Hall–Kier alpha value is -3.15. The van der Waals surface area contributed by atoms with Gasteiger partial charge < -0.3 is 14.9 Å². The minimum Gasteiger partial charge on any atom is -0.478 e. The minimum atomic E-state index is -1.11. The van der Waals surface area contributed by atoms with E-state index in [0.29, 0.717) is 12.1 Å². The average Bonchev–Trinajstić information content (AvgIpc) is 2.62. The molecule has 2 aromatic carbocycles. The summed E-state index contributed by atoms with van der Waals surface area (Å²) in [6.07, 6.45) is -0.341. The van der Waals surface area contributed by atoms with E-state index in [4.69, 9.17) is 0 Å². The lowest BCUT2D eigenvalue weighted by molar-refractivity contribution is -0.126. The Morgan fingerprint density at radius 3 is 2.19 bits per heavy atom. The molecular weight excluding hydrogens is 332 g/mol. The maximum absolute atomic E-state index is 12.6. The number of amides is 2. The van der Waals surface area contributed by atoms with Crippen LogP contribution in [0.15, 0.2) is 48.5 Å². The van der Waals surface area contributed by atoms with E-state index in [1.54, 1.807) is 37.3 Å². The van der Waals surface area contributed by atoms with E-state index >= 15 is 0 Å². The Morgan fingerprint density at radius 2 is 1.62 bits per heavy atom. The first-order valence-electron chi connectivity index (χ1n) is 8.31. The first kappa shape index (κ1) is 19.2. The van der Waals surface area contributed by atoms with E-state index in [1.807, 2.05) is 25.1 Å². The van der Waals surface area contributed by atoms with Crippen molar-refractivity contribution in [3.63, 3.8) is 0 Å². The molecule has 0 radical (unpaired) electrons. The topological polar surface area (TPSA) is 77.9 Å². The van der Waals surface area contributed by atoms with Crippen molar-refractivity contribution in [3.8, 4) is 0 Å². The maximum atomic E-state index is 12.6. The van der Waals surface area contributed by atoms with Gasteiger partial charge in [-0.2, -0.15) is 0 Å². The number of aromatic carboxylic acids is 1. The first-order chi connectivity index (χ1) is 12.4.